The molecule has 0 aliphatic carbocycles. The third-order valence-corrected chi connectivity index (χ3v) is 6.20. The number of amides is 1. The maximum Gasteiger partial charge on any atom is 0.237 e. The van der Waals surface area contributed by atoms with Crippen LogP contribution < -0.4 is 9.47 Å². The summed E-state index contributed by atoms with van der Waals surface area (Å²) in [5.41, 5.74) is 5.00. The fourth-order valence-corrected chi connectivity index (χ4v) is 4.64. The van der Waals surface area contributed by atoms with Crippen LogP contribution in [0.5, 0.6) is 11.5 Å². The Bertz CT molecular complexity index is 896. The van der Waals surface area contributed by atoms with Gasteiger partial charge in [0, 0.05) is 19.1 Å². The van der Waals surface area contributed by atoms with E-state index < -0.39 is 0 Å². The van der Waals surface area contributed by atoms with Crippen molar-refractivity contribution in [3.8, 4) is 11.5 Å². The van der Waals surface area contributed by atoms with Gasteiger partial charge in [-0.1, -0.05) is 29.8 Å². The van der Waals surface area contributed by atoms with Crippen LogP contribution in [-0.2, 0) is 17.8 Å². The van der Waals surface area contributed by atoms with Gasteiger partial charge in [-0.2, -0.15) is 0 Å². The molecule has 1 atom stereocenters. The van der Waals surface area contributed by atoms with E-state index in [0.29, 0.717) is 19.1 Å². The van der Waals surface area contributed by atoms with Crippen molar-refractivity contribution in [3.05, 3.63) is 58.7 Å². The molecule has 0 N–H and O–H groups in total. The Balaban J connectivity index is 1.45. The van der Waals surface area contributed by atoms with Gasteiger partial charge < -0.3 is 14.4 Å². The third kappa shape index (κ3) is 4.10. The van der Waals surface area contributed by atoms with E-state index in [2.05, 4.69) is 36.1 Å². The molecule has 1 unspecified atom stereocenters. The second-order valence-corrected chi connectivity index (χ2v) is 8.08. The number of methoxy groups -OCH3 is 2. The average Bonchev–Trinajstić information content (AvgIpc) is 3.20. The zero-order valence-electron chi connectivity index (χ0n) is 17.6. The smallest absolute Gasteiger partial charge is 0.237 e. The average molecular weight is 395 g/mol. The molecule has 5 nitrogen and oxygen atoms in total. The second-order valence-electron chi connectivity index (χ2n) is 8.08. The van der Waals surface area contributed by atoms with Crippen LogP contribution in [0.3, 0.4) is 0 Å². The SMILES string of the molecule is COc1cc2c(cc1OC)CN(C(=O)CN1CCCC1c1cccc(C)c1)CC2. The third-order valence-electron chi connectivity index (χ3n) is 6.20. The molecule has 1 saturated heterocycles. The van der Waals surface area contributed by atoms with Gasteiger partial charge in [-0.25, -0.2) is 0 Å². The van der Waals surface area contributed by atoms with Crippen molar-refractivity contribution in [1.29, 1.82) is 0 Å². The predicted molar refractivity (Wildman–Crippen MR) is 113 cm³/mol. The van der Waals surface area contributed by atoms with Gasteiger partial charge in [-0.05, 0) is 61.6 Å². The molecule has 1 fully saturated rings. The predicted octanol–water partition coefficient (Wildman–Crippen LogP) is 3.73. The first kappa shape index (κ1) is 19.8. The zero-order chi connectivity index (χ0) is 20.4. The lowest BCUT2D eigenvalue weighted by Crippen LogP contribution is -2.42. The molecule has 29 heavy (non-hydrogen) atoms. The Labute approximate surface area is 173 Å². The minimum Gasteiger partial charge on any atom is -0.493 e. The van der Waals surface area contributed by atoms with E-state index in [1.165, 1.54) is 16.7 Å². The molecule has 2 heterocycles. The van der Waals surface area contributed by atoms with Crippen molar-refractivity contribution in [3.63, 3.8) is 0 Å². The molecular weight excluding hydrogens is 364 g/mol. The van der Waals surface area contributed by atoms with Crippen LogP contribution in [-0.4, -0.2) is 49.6 Å². The molecule has 154 valence electrons. The Hall–Kier alpha value is -2.53. The van der Waals surface area contributed by atoms with Gasteiger partial charge in [0.1, 0.15) is 0 Å². The fourth-order valence-electron chi connectivity index (χ4n) is 4.64. The lowest BCUT2D eigenvalue weighted by Gasteiger charge is -2.32. The molecule has 0 saturated carbocycles. The zero-order valence-corrected chi connectivity index (χ0v) is 17.6. The number of fused-ring (bicyclic) bond motifs is 1. The number of hydrogen-bond donors (Lipinski definition) is 0. The maximum atomic E-state index is 13.1. The van der Waals surface area contributed by atoms with Crippen LogP contribution in [0.2, 0.25) is 0 Å². The summed E-state index contributed by atoms with van der Waals surface area (Å²) in [6, 6.07) is 13.1. The molecule has 0 spiro atoms. The van der Waals surface area contributed by atoms with Gasteiger partial charge in [-0.15, -0.1) is 0 Å². The van der Waals surface area contributed by atoms with Gasteiger partial charge in [0.25, 0.3) is 0 Å². The van der Waals surface area contributed by atoms with Gasteiger partial charge in [0.2, 0.25) is 5.91 Å². The summed E-state index contributed by atoms with van der Waals surface area (Å²) < 4.78 is 10.9. The highest BCUT2D eigenvalue weighted by Gasteiger charge is 2.30. The summed E-state index contributed by atoms with van der Waals surface area (Å²) in [5.74, 6) is 1.69. The van der Waals surface area contributed by atoms with E-state index in [1.54, 1.807) is 14.2 Å². The Kier molecular flexibility index (Phi) is 5.76. The van der Waals surface area contributed by atoms with Crippen LogP contribution in [0.25, 0.3) is 0 Å². The first-order chi connectivity index (χ1) is 14.1. The summed E-state index contributed by atoms with van der Waals surface area (Å²) in [5, 5.41) is 0. The van der Waals surface area contributed by atoms with Crippen molar-refractivity contribution < 1.29 is 14.3 Å². The largest absolute Gasteiger partial charge is 0.493 e. The fraction of sp³-hybridized carbons (Fsp3) is 0.458. The number of hydrogen-bond acceptors (Lipinski definition) is 4. The van der Waals surface area contributed by atoms with Gasteiger partial charge in [-0.3, -0.25) is 9.69 Å². The minimum atomic E-state index is 0.213. The number of rotatable bonds is 5. The van der Waals surface area contributed by atoms with E-state index in [9.17, 15) is 4.79 Å². The minimum absolute atomic E-state index is 0.213. The van der Waals surface area contributed by atoms with E-state index in [1.807, 2.05) is 17.0 Å². The highest BCUT2D eigenvalue weighted by Crippen LogP contribution is 2.34. The Morgan fingerprint density at radius 1 is 1.07 bits per heavy atom. The van der Waals surface area contributed by atoms with Crippen LogP contribution >= 0.6 is 0 Å². The van der Waals surface area contributed by atoms with Crippen LogP contribution in [0.15, 0.2) is 36.4 Å². The van der Waals surface area contributed by atoms with Gasteiger partial charge >= 0.3 is 0 Å². The topological polar surface area (TPSA) is 42.0 Å². The van der Waals surface area contributed by atoms with E-state index >= 15 is 0 Å². The number of aryl methyl sites for hydroxylation is 1. The molecular formula is C24H30N2O3. The van der Waals surface area contributed by atoms with E-state index in [-0.39, 0.29) is 5.91 Å². The van der Waals surface area contributed by atoms with Gasteiger partial charge in [0.15, 0.2) is 11.5 Å². The molecule has 2 aromatic rings. The molecule has 5 heteroatoms. The standard InChI is InChI=1S/C24H30N2O3/c1-17-6-4-7-19(12-17)21-8-5-10-25(21)16-24(27)26-11-9-18-13-22(28-2)23(29-3)14-20(18)15-26/h4,6-7,12-14,21H,5,8-11,15-16H2,1-3H3. The number of benzene rings is 2. The van der Waals surface area contributed by atoms with Crippen LogP contribution in [0, 0.1) is 6.92 Å². The first-order valence-electron chi connectivity index (χ1n) is 10.4. The summed E-state index contributed by atoms with van der Waals surface area (Å²) >= 11 is 0. The van der Waals surface area contributed by atoms with Crippen LogP contribution in [0.4, 0.5) is 0 Å². The van der Waals surface area contributed by atoms with Crippen molar-refractivity contribution in [1.82, 2.24) is 9.80 Å². The lowest BCUT2D eigenvalue weighted by atomic mass is 9.98. The second kappa shape index (κ2) is 8.46. The van der Waals surface area contributed by atoms with Crippen molar-refractivity contribution in [2.24, 2.45) is 0 Å². The summed E-state index contributed by atoms with van der Waals surface area (Å²) in [6.07, 6.45) is 3.12. The van der Waals surface area contributed by atoms with Crippen molar-refractivity contribution in [2.45, 2.75) is 38.8 Å². The monoisotopic (exact) mass is 394 g/mol. The van der Waals surface area contributed by atoms with E-state index in [0.717, 1.165) is 49.4 Å². The molecule has 4 rings (SSSR count). The number of carbonyl (C=O) groups is 1. The lowest BCUT2D eigenvalue weighted by molar-refractivity contribution is -0.133. The summed E-state index contributed by atoms with van der Waals surface area (Å²) in [6.45, 7) is 4.99. The first-order valence-corrected chi connectivity index (χ1v) is 10.4. The van der Waals surface area contributed by atoms with Crippen molar-refractivity contribution >= 4 is 5.91 Å². The molecule has 0 aromatic heterocycles. The molecule has 0 radical (unpaired) electrons. The molecule has 2 aliphatic rings. The molecule has 0 bridgehead atoms. The molecule has 1 amide bonds. The number of carbonyl (C=O) groups excluding carboxylic acids is 1. The Morgan fingerprint density at radius 3 is 2.55 bits per heavy atom. The molecule has 2 aliphatic heterocycles. The number of nitrogens with zero attached hydrogens (tertiary/aromatic N) is 2. The summed E-state index contributed by atoms with van der Waals surface area (Å²) in [4.78, 5) is 17.4. The number of ether oxygens (including phenoxy) is 2. The maximum absolute atomic E-state index is 13.1. The highest BCUT2D eigenvalue weighted by molar-refractivity contribution is 5.78. The summed E-state index contributed by atoms with van der Waals surface area (Å²) in [7, 11) is 3.30. The van der Waals surface area contributed by atoms with E-state index in [4.69, 9.17) is 9.47 Å². The quantitative estimate of drug-likeness (QED) is 0.775. The Morgan fingerprint density at radius 2 is 1.83 bits per heavy atom. The molecule has 2 aromatic carbocycles. The number of likely N-dealkylation sites (tertiary alicyclic amines) is 1. The van der Waals surface area contributed by atoms with Gasteiger partial charge in [0.05, 0.1) is 20.8 Å². The highest BCUT2D eigenvalue weighted by atomic mass is 16.5. The normalized spacial score (nSPS) is 19.1. The van der Waals surface area contributed by atoms with Crippen molar-refractivity contribution in [2.75, 3.05) is 33.9 Å². The van der Waals surface area contributed by atoms with Crippen LogP contribution in [0.1, 0.15) is 41.1 Å².